The highest BCUT2D eigenvalue weighted by molar-refractivity contribution is 8.13. The number of para-hydroxylation sites is 1. The number of halogens is 1. The van der Waals surface area contributed by atoms with Crippen LogP contribution in [0.25, 0.3) is 0 Å². The second-order valence-electron chi connectivity index (χ2n) is 3.24. The van der Waals surface area contributed by atoms with Gasteiger partial charge in [0.05, 0.1) is 5.75 Å². The van der Waals surface area contributed by atoms with Gasteiger partial charge in [0, 0.05) is 10.7 Å². The maximum absolute atomic E-state index is 10.8. The van der Waals surface area contributed by atoms with Crippen molar-refractivity contribution in [1.82, 2.24) is 0 Å². The van der Waals surface area contributed by atoms with Crippen molar-refractivity contribution in [2.24, 2.45) is 0 Å². The van der Waals surface area contributed by atoms with E-state index in [9.17, 15) is 13.5 Å². The van der Waals surface area contributed by atoms with Crippen LogP contribution in [-0.4, -0.2) is 19.3 Å². The van der Waals surface area contributed by atoms with Crippen LogP contribution in [0, 0.1) is 0 Å². The van der Waals surface area contributed by atoms with Crippen molar-refractivity contribution in [2.75, 3.05) is 5.75 Å². The van der Waals surface area contributed by atoms with E-state index in [4.69, 9.17) is 10.7 Å². The fourth-order valence-electron chi connectivity index (χ4n) is 1.22. The number of benzene rings is 1. The number of aromatic hydroxyl groups is 1. The molecule has 0 atom stereocenters. The standard InChI is InChI=1S/C10H11ClO3S/c1-8(7-15(11,13)14)6-9-4-2-3-5-10(9)12/h2-5,12H,1,6-7H2. The molecule has 82 valence electrons. The molecule has 0 bridgehead atoms. The SMILES string of the molecule is C=C(Cc1ccccc1O)CS(=O)(=O)Cl. The van der Waals surface area contributed by atoms with Crippen molar-refractivity contribution in [3.8, 4) is 5.75 Å². The first-order valence-corrected chi connectivity index (χ1v) is 6.72. The molecule has 0 heterocycles. The highest BCUT2D eigenvalue weighted by Crippen LogP contribution is 2.19. The summed E-state index contributed by atoms with van der Waals surface area (Å²) in [4.78, 5) is 0. The minimum Gasteiger partial charge on any atom is -0.508 e. The Kier molecular flexibility index (Phi) is 3.77. The molecular weight excluding hydrogens is 236 g/mol. The Morgan fingerprint density at radius 2 is 2.00 bits per heavy atom. The third-order valence-electron chi connectivity index (χ3n) is 1.81. The van der Waals surface area contributed by atoms with Gasteiger partial charge in [-0.3, -0.25) is 0 Å². The number of hydrogen-bond donors (Lipinski definition) is 1. The molecule has 0 saturated heterocycles. The molecule has 0 aliphatic heterocycles. The lowest BCUT2D eigenvalue weighted by molar-refractivity contribution is 0.469. The predicted molar refractivity (Wildman–Crippen MR) is 60.6 cm³/mol. The van der Waals surface area contributed by atoms with Crippen molar-refractivity contribution in [3.63, 3.8) is 0 Å². The van der Waals surface area contributed by atoms with Crippen LogP contribution >= 0.6 is 10.7 Å². The van der Waals surface area contributed by atoms with Crippen LogP contribution in [0.3, 0.4) is 0 Å². The third kappa shape index (κ3) is 4.36. The summed E-state index contributed by atoms with van der Waals surface area (Å²) < 4.78 is 21.5. The zero-order chi connectivity index (χ0) is 11.5. The molecule has 0 aliphatic carbocycles. The van der Waals surface area contributed by atoms with Gasteiger partial charge in [-0.25, -0.2) is 8.42 Å². The average Bonchev–Trinajstić information content (AvgIpc) is 2.05. The van der Waals surface area contributed by atoms with E-state index in [1.54, 1.807) is 18.2 Å². The molecule has 1 rings (SSSR count). The van der Waals surface area contributed by atoms with Crippen molar-refractivity contribution in [2.45, 2.75) is 6.42 Å². The van der Waals surface area contributed by atoms with Gasteiger partial charge in [0.25, 0.3) is 0 Å². The van der Waals surface area contributed by atoms with Crippen LogP contribution in [0.5, 0.6) is 5.75 Å². The monoisotopic (exact) mass is 246 g/mol. The van der Waals surface area contributed by atoms with Crippen molar-refractivity contribution in [3.05, 3.63) is 42.0 Å². The van der Waals surface area contributed by atoms with Crippen molar-refractivity contribution >= 4 is 19.7 Å². The Labute approximate surface area is 93.4 Å². The zero-order valence-corrected chi connectivity index (χ0v) is 9.55. The average molecular weight is 247 g/mol. The molecule has 1 aromatic rings. The predicted octanol–water partition coefficient (Wildman–Crippen LogP) is 2.06. The number of rotatable bonds is 4. The van der Waals surface area contributed by atoms with E-state index in [0.717, 1.165) is 0 Å². The normalized spacial score (nSPS) is 11.3. The van der Waals surface area contributed by atoms with Gasteiger partial charge in [-0.05, 0) is 18.1 Å². The largest absolute Gasteiger partial charge is 0.508 e. The van der Waals surface area contributed by atoms with E-state index in [1.807, 2.05) is 0 Å². The van der Waals surface area contributed by atoms with Gasteiger partial charge in [0.1, 0.15) is 5.75 Å². The summed E-state index contributed by atoms with van der Waals surface area (Å²) in [5.74, 6) is -0.145. The van der Waals surface area contributed by atoms with Gasteiger partial charge in [-0.15, -0.1) is 0 Å². The van der Waals surface area contributed by atoms with E-state index < -0.39 is 9.05 Å². The minimum absolute atomic E-state index is 0.130. The summed E-state index contributed by atoms with van der Waals surface area (Å²) in [6.07, 6.45) is 0.304. The summed E-state index contributed by atoms with van der Waals surface area (Å²) in [6, 6.07) is 6.70. The maximum atomic E-state index is 10.8. The van der Waals surface area contributed by atoms with E-state index in [-0.39, 0.29) is 11.5 Å². The lowest BCUT2D eigenvalue weighted by atomic mass is 10.1. The second-order valence-corrected chi connectivity index (χ2v) is 6.02. The zero-order valence-electron chi connectivity index (χ0n) is 7.98. The molecule has 5 heteroatoms. The van der Waals surface area contributed by atoms with Crippen LogP contribution in [0.2, 0.25) is 0 Å². The summed E-state index contributed by atoms with van der Waals surface area (Å²) in [6.45, 7) is 3.60. The molecule has 0 saturated carbocycles. The van der Waals surface area contributed by atoms with E-state index in [2.05, 4.69) is 6.58 Å². The molecule has 0 amide bonds. The van der Waals surface area contributed by atoms with E-state index >= 15 is 0 Å². The van der Waals surface area contributed by atoms with Gasteiger partial charge < -0.3 is 5.11 Å². The van der Waals surface area contributed by atoms with Crippen LogP contribution in [0.15, 0.2) is 36.4 Å². The Hall–Kier alpha value is -1.00. The van der Waals surface area contributed by atoms with Crippen molar-refractivity contribution < 1.29 is 13.5 Å². The van der Waals surface area contributed by atoms with E-state index in [0.29, 0.717) is 17.6 Å². The quantitative estimate of drug-likeness (QED) is 0.654. The Morgan fingerprint density at radius 1 is 1.40 bits per heavy atom. The lowest BCUT2D eigenvalue weighted by Crippen LogP contribution is -2.02. The Bertz CT molecular complexity index is 465. The second kappa shape index (κ2) is 4.68. The number of phenols is 1. The maximum Gasteiger partial charge on any atom is 0.236 e. The first-order valence-electron chi connectivity index (χ1n) is 4.24. The molecule has 0 unspecified atom stereocenters. The summed E-state index contributed by atoms with van der Waals surface area (Å²) in [7, 11) is 1.52. The lowest BCUT2D eigenvalue weighted by Gasteiger charge is -2.05. The van der Waals surface area contributed by atoms with Gasteiger partial charge in [-0.2, -0.15) is 0 Å². The van der Waals surface area contributed by atoms with Crippen LogP contribution in [0.1, 0.15) is 5.56 Å². The van der Waals surface area contributed by atoms with Crippen LogP contribution in [-0.2, 0) is 15.5 Å². The van der Waals surface area contributed by atoms with Crippen LogP contribution < -0.4 is 0 Å². The molecule has 0 fully saturated rings. The van der Waals surface area contributed by atoms with Crippen LogP contribution in [0.4, 0.5) is 0 Å². The summed E-state index contributed by atoms with van der Waals surface area (Å²) in [5, 5.41) is 9.43. The molecule has 15 heavy (non-hydrogen) atoms. The smallest absolute Gasteiger partial charge is 0.236 e. The minimum atomic E-state index is -3.57. The first kappa shape index (κ1) is 12.1. The highest BCUT2D eigenvalue weighted by atomic mass is 35.7. The molecule has 3 nitrogen and oxygen atoms in total. The molecule has 0 aromatic heterocycles. The Morgan fingerprint density at radius 3 is 2.53 bits per heavy atom. The topological polar surface area (TPSA) is 54.4 Å². The fraction of sp³-hybridized carbons (Fsp3) is 0.200. The molecule has 1 N–H and O–H groups in total. The van der Waals surface area contributed by atoms with Gasteiger partial charge in [0.2, 0.25) is 9.05 Å². The van der Waals surface area contributed by atoms with Gasteiger partial charge in [-0.1, -0.05) is 30.4 Å². The first-order chi connectivity index (χ1) is 6.88. The molecule has 0 aliphatic rings. The highest BCUT2D eigenvalue weighted by Gasteiger charge is 2.10. The molecule has 1 aromatic carbocycles. The summed E-state index contributed by atoms with van der Waals surface area (Å²) >= 11 is 0. The number of hydrogen-bond acceptors (Lipinski definition) is 3. The third-order valence-corrected chi connectivity index (χ3v) is 2.89. The number of phenolic OH excluding ortho intramolecular Hbond substituents is 1. The van der Waals surface area contributed by atoms with Crippen molar-refractivity contribution in [1.29, 1.82) is 0 Å². The molecule has 0 radical (unpaired) electrons. The molecular formula is C10H11ClO3S. The van der Waals surface area contributed by atoms with Gasteiger partial charge in [0.15, 0.2) is 0 Å². The fourth-order valence-corrected chi connectivity index (χ4v) is 2.28. The summed E-state index contributed by atoms with van der Waals surface area (Å²) in [5.41, 5.74) is 1.09. The van der Waals surface area contributed by atoms with E-state index in [1.165, 1.54) is 6.07 Å². The molecule has 0 spiro atoms. The van der Waals surface area contributed by atoms with Gasteiger partial charge >= 0.3 is 0 Å². The Balaban J connectivity index is 2.72.